The molecule has 0 aromatic heterocycles. The molecule has 1 aliphatic rings. The molecular formula is C29H35N3O. The first-order valence-corrected chi connectivity index (χ1v) is 12.0. The Balaban J connectivity index is 1.54. The molecule has 1 aliphatic heterocycles. The maximum absolute atomic E-state index is 12.6. The van der Waals surface area contributed by atoms with E-state index in [1.54, 1.807) is 0 Å². The number of piperidine rings is 1. The normalized spacial score (nSPS) is 21.3. The zero-order valence-electron chi connectivity index (χ0n) is 19.6. The van der Waals surface area contributed by atoms with E-state index in [2.05, 4.69) is 84.7 Å². The van der Waals surface area contributed by atoms with Crippen LogP contribution in [0, 0.1) is 17.8 Å². The molecule has 3 unspecified atom stereocenters. The van der Waals surface area contributed by atoms with Gasteiger partial charge in [-0.15, -0.1) is 0 Å². The molecule has 1 saturated heterocycles. The van der Waals surface area contributed by atoms with E-state index in [-0.39, 0.29) is 18.1 Å². The molecule has 0 aliphatic carbocycles. The van der Waals surface area contributed by atoms with Crippen molar-refractivity contribution in [3.63, 3.8) is 0 Å². The fraction of sp³-hybridized carbons (Fsp3) is 0.345. The summed E-state index contributed by atoms with van der Waals surface area (Å²) < 4.78 is 0. The molecule has 33 heavy (non-hydrogen) atoms. The highest BCUT2D eigenvalue weighted by atomic mass is 16.1. The fourth-order valence-corrected chi connectivity index (χ4v) is 5.20. The Morgan fingerprint density at radius 3 is 1.94 bits per heavy atom. The molecule has 4 rings (SSSR count). The first-order chi connectivity index (χ1) is 16.0. The van der Waals surface area contributed by atoms with Crippen LogP contribution in [0.25, 0.3) is 0 Å². The average molecular weight is 442 g/mol. The molecule has 3 N–H and O–H groups in total. The first kappa shape index (κ1) is 23.2. The maximum atomic E-state index is 12.6. The minimum Gasteiger partial charge on any atom is -0.352 e. The summed E-state index contributed by atoms with van der Waals surface area (Å²) >= 11 is 0. The highest BCUT2D eigenvalue weighted by Crippen LogP contribution is 2.38. The van der Waals surface area contributed by atoms with Gasteiger partial charge in [-0.1, -0.05) is 92.7 Å². The molecule has 0 radical (unpaired) electrons. The van der Waals surface area contributed by atoms with Gasteiger partial charge in [0.2, 0.25) is 0 Å². The van der Waals surface area contributed by atoms with Crippen molar-refractivity contribution in [1.82, 2.24) is 10.2 Å². The van der Waals surface area contributed by atoms with E-state index in [9.17, 15) is 4.79 Å². The number of nitrogens with zero attached hydrogens (tertiary/aromatic N) is 1. The number of carbonyl (C=O) groups excluding carboxylic acids is 1. The predicted molar refractivity (Wildman–Crippen MR) is 135 cm³/mol. The lowest BCUT2D eigenvalue weighted by molar-refractivity contribution is 0.0218. The van der Waals surface area contributed by atoms with Crippen LogP contribution in [0.5, 0.6) is 0 Å². The summed E-state index contributed by atoms with van der Waals surface area (Å²) in [6, 6.07) is 30.8. The average Bonchev–Trinajstić information content (AvgIpc) is 2.85. The minimum atomic E-state index is -0.0796. The van der Waals surface area contributed by atoms with Crippen LogP contribution < -0.4 is 11.1 Å². The maximum Gasteiger partial charge on any atom is 0.251 e. The molecule has 3 atom stereocenters. The molecule has 0 spiro atoms. The van der Waals surface area contributed by atoms with Gasteiger partial charge in [-0.25, -0.2) is 0 Å². The predicted octanol–water partition coefficient (Wildman–Crippen LogP) is 5.08. The number of hydrogen-bond donors (Lipinski definition) is 2. The number of hydrogen-bond acceptors (Lipinski definition) is 3. The van der Waals surface area contributed by atoms with Gasteiger partial charge in [0.15, 0.2) is 0 Å². The molecule has 0 saturated carbocycles. The highest BCUT2D eigenvalue weighted by molar-refractivity contribution is 5.94. The van der Waals surface area contributed by atoms with Crippen molar-refractivity contribution < 1.29 is 4.79 Å². The quantitative estimate of drug-likeness (QED) is 0.537. The van der Waals surface area contributed by atoms with E-state index < -0.39 is 0 Å². The molecule has 172 valence electrons. The van der Waals surface area contributed by atoms with Crippen molar-refractivity contribution in [2.45, 2.75) is 32.5 Å². The highest BCUT2D eigenvalue weighted by Gasteiger charge is 2.39. The van der Waals surface area contributed by atoms with Crippen molar-refractivity contribution in [3.05, 3.63) is 108 Å². The number of nitrogens with one attached hydrogen (secondary N) is 1. The topological polar surface area (TPSA) is 58.4 Å². The second kappa shape index (κ2) is 10.8. The second-order valence-corrected chi connectivity index (χ2v) is 9.47. The smallest absolute Gasteiger partial charge is 0.251 e. The van der Waals surface area contributed by atoms with Gasteiger partial charge < -0.3 is 11.1 Å². The Bertz CT molecular complexity index is 967. The van der Waals surface area contributed by atoms with Gasteiger partial charge in [0.25, 0.3) is 5.91 Å². The lowest BCUT2D eigenvalue weighted by Crippen LogP contribution is -2.56. The lowest BCUT2D eigenvalue weighted by Gasteiger charge is -2.48. The van der Waals surface area contributed by atoms with E-state index in [0.29, 0.717) is 29.9 Å². The van der Waals surface area contributed by atoms with Crippen molar-refractivity contribution in [2.75, 3.05) is 13.1 Å². The van der Waals surface area contributed by atoms with Gasteiger partial charge in [-0.3, -0.25) is 9.69 Å². The number of amides is 1. The van der Waals surface area contributed by atoms with Gasteiger partial charge in [0.1, 0.15) is 0 Å². The summed E-state index contributed by atoms with van der Waals surface area (Å²) in [5, 5.41) is 3.17. The monoisotopic (exact) mass is 441 g/mol. The molecule has 1 heterocycles. The number of rotatable bonds is 7. The summed E-state index contributed by atoms with van der Waals surface area (Å²) in [7, 11) is 0. The Morgan fingerprint density at radius 2 is 1.42 bits per heavy atom. The van der Waals surface area contributed by atoms with Gasteiger partial charge in [-0.05, 0) is 47.4 Å². The number of likely N-dealkylation sites (tertiary alicyclic amines) is 1. The molecule has 4 nitrogen and oxygen atoms in total. The van der Waals surface area contributed by atoms with Crippen LogP contribution in [-0.2, 0) is 0 Å². The third-order valence-electron chi connectivity index (χ3n) is 6.98. The Labute approximate surface area is 197 Å². The van der Waals surface area contributed by atoms with Gasteiger partial charge in [-0.2, -0.15) is 0 Å². The van der Waals surface area contributed by atoms with Crippen LogP contribution >= 0.6 is 0 Å². The fourth-order valence-electron chi connectivity index (χ4n) is 5.20. The van der Waals surface area contributed by atoms with Crippen molar-refractivity contribution in [3.8, 4) is 0 Å². The van der Waals surface area contributed by atoms with E-state index >= 15 is 0 Å². The van der Waals surface area contributed by atoms with E-state index in [4.69, 9.17) is 5.73 Å². The van der Waals surface area contributed by atoms with Crippen molar-refractivity contribution >= 4 is 5.91 Å². The molecule has 3 aromatic rings. The third kappa shape index (κ3) is 5.52. The van der Waals surface area contributed by atoms with Crippen LogP contribution in [0.4, 0.5) is 0 Å². The SMILES string of the molecule is CC(C)C1CN(C(c2ccccc2)c2ccccc2)C(N)CC1CNC(=O)c1ccccc1. The van der Waals surface area contributed by atoms with E-state index in [0.717, 1.165) is 13.0 Å². The molecule has 0 bridgehead atoms. The molecule has 3 aromatic carbocycles. The van der Waals surface area contributed by atoms with Crippen LogP contribution in [-0.4, -0.2) is 30.1 Å². The van der Waals surface area contributed by atoms with Crippen LogP contribution in [0.3, 0.4) is 0 Å². The zero-order valence-corrected chi connectivity index (χ0v) is 19.6. The van der Waals surface area contributed by atoms with E-state index in [1.165, 1.54) is 11.1 Å². The largest absolute Gasteiger partial charge is 0.352 e. The zero-order chi connectivity index (χ0) is 23.2. The summed E-state index contributed by atoms with van der Waals surface area (Å²) in [5.74, 6) is 1.26. The number of benzene rings is 3. The Kier molecular flexibility index (Phi) is 7.58. The molecule has 4 heteroatoms. The Morgan fingerprint density at radius 1 is 0.909 bits per heavy atom. The van der Waals surface area contributed by atoms with Crippen LogP contribution in [0.2, 0.25) is 0 Å². The number of nitrogens with two attached hydrogens (primary N) is 1. The summed E-state index contributed by atoms with van der Waals surface area (Å²) in [6.45, 7) is 6.12. The Hall–Kier alpha value is -2.95. The van der Waals surface area contributed by atoms with Crippen molar-refractivity contribution in [2.24, 2.45) is 23.5 Å². The minimum absolute atomic E-state index is 0.0134. The van der Waals surface area contributed by atoms with Crippen molar-refractivity contribution in [1.29, 1.82) is 0 Å². The molecule has 1 fully saturated rings. The van der Waals surface area contributed by atoms with Gasteiger partial charge >= 0.3 is 0 Å². The summed E-state index contributed by atoms with van der Waals surface area (Å²) in [5.41, 5.74) is 10.1. The van der Waals surface area contributed by atoms with Crippen LogP contribution in [0.15, 0.2) is 91.0 Å². The lowest BCUT2D eigenvalue weighted by atomic mass is 9.76. The first-order valence-electron chi connectivity index (χ1n) is 12.0. The van der Waals surface area contributed by atoms with Gasteiger partial charge in [0, 0.05) is 18.7 Å². The molecule has 1 amide bonds. The second-order valence-electron chi connectivity index (χ2n) is 9.47. The molecular weight excluding hydrogens is 406 g/mol. The standard InChI is InChI=1S/C29H35N3O/c1-21(2)26-20-32(28(22-12-6-3-7-13-22)23-14-8-4-9-15-23)27(30)18-25(26)19-31-29(33)24-16-10-5-11-17-24/h3-17,21,25-28H,18-20,30H2,1-2H3,(H,31,33). The summed E-state index contributed by atoms with van der Waals surface area (Å²) in [4.78, 5) is 15.1. The van der Waals surface area contributed by atoms with E-state index in [1.807, 2.05) is 30.3 Å². The third-order valence-corrected chi connectivity index (χ3v) is 6.98. The number of carbonyl (C=O) groups is 1. The van der Waals surface area contributed by atoms with Crippen LogP contribution in [0.1, 0.15) is 47.8 Å². The summed E-state index contributed by atoms with van der Waals surface area (Å²) in [6.07, 6.45) is 0.776. The van der Waals surface area contributed by atoms with Gasteiger partial charge in [0.05, 0.1) is 12.2 Å².